The Balaban J connectivity index is 0.000000402. The number of hydrogen-bond donors (Lipinski definition) is 1. The van der Waals surface area contributed by atoms with E-state index in [2.05, 4.69) is 31.1 Å². The fraction of sp³-hybridized carbons (Fsp3) is 0.571. The largest absolute Gasteiger partial charge is 0.326 e. The molecule has 1 saturated heterocycles. The smallest absolute Gasteiger partial charge is 0.255 e. The van der Waals surface area contributed by atoms with Gasteiger partial charge < -0.3 is 15.1 Å². The fourth-order valence-electron chi connectivity index (χ4n) is 4.07. The van der Waals surface area contributed by atoms with Crippen molar-refractivity contribution in [1.82, 2.24) is 15.1 Å². The van der Waals surface area contributed by atoms with E-state index >= 15 is 0 Å². The molecule has 2 aliphatic rings. The molecule has 5 nitrogen and oxygen atoms in total. The van der Waals surface area contributed by atoms with Crippen molar-refractivity contribution >= 4 is 12.3 Å². The third kappa shape index (κ3) is 10.3. The number of nitrogens with zero attached hydrogens (tertiary/aromatic N) is 2. The predicted octanol–water partition coefficient (Wildman–Crippen LogP) is 5.92. The summed E-state index contributed by atoms with van der Waals surface area (Å²) in [7, 11) is 2.20. The molecular weight excluding hydrogens is 448 g/mol. The van der Waals surface area contributed by atoms with Gasteiger partial charge in [0.1, 0.15) is 0 Å². The van der Waals surface area contributed by atoms with Gasteiger partial charge in [-0.05, 0) is 89.4 Å². The molecule has 1 N–H and O–H groups in total. The highest BCUT2D eigenvalue weighted by Gasteiger charge is 2.36. The van der Waals surface area contributed by atoms with E-state index in [-0.39, 0.29) is 37.6 Å². The number of aryl methyl sites for hydroxylation is 1. The van der Waals surface area contributed by atoms with E-state index in [1.54, 1.807) is 37.4 Å². The quantitative estimate of drug-likeness (QED) is 0.399. The number of benzene rings is 1. The highest BCUT2D eigenvalue weighted by Crippen LogP contribution is 2.34. The van der Waals surface area contributed by atoms with E-state index in [0.29, 0.717) is 23.1 Å². The summed E-state index contributed by atoms with van der Waals surface area (Å²) in [6.45, 7) is 11.0. The van der Waals surface area contributed by atoms with Crippen molar-refractivity contribution in [2.45, 2.75) is 78.2 Å². The number of piperidine rings is 1. The molecule has 1 aromatic rings. The van der Waals surface area contributed by atoms with Crippen molar-refractivity contribution in [2.75, 3.05) is 20.1 Å². The lowest BCUT2D eigenvalue weighted by Gasteiger charge is -2.34. The van der Waals surface area contributed by atoms with Gasteiger partial charge in [0, 0.05) is 36.3 Å². The van der Waals surface area contributed by atoms with Crippen LogP contribution in [0.2, 0.25) is 0 Å². The molecule has 2 fully saturated rings. The van der Waals surface area contributed by atoms with Gasteiger partial charge in [-0.2, -0.15) is 0 Å². The SMILES string of the molecule is C/C(=C\C=C/N(C=O)C1CCC(F)(F)CC1)NC(=O)c1ccc(C)cc1.CN1CCC(C)(C)CC1. The monoisotopic (exact) mass is 489 g/mol. The summed E-state index contributed by atoms with van der Waals surface area (Å²) in [6, 6.07) is 7.02. The second-order valence-corrected chi connectivity index (χ2v) is 10.6. The van der Waals surface area contributed by atoms with E-state index in [0.717, 1.165) is 5.56 Å². The lowest BCUT2D eigenvalue weighted by atomic mass is 9.83. The maximum atomic E-state index is 13.2. The van der Waals surface area contributed by atoms with Gasteiger partial charge in [0.05, 0.1) is 0 Å². The van der Waals surface area contributed by atoms with Gasteiger partial charge in [-0.15, -0.1) is 0 Å². The number of likely N-dealkylation sites (tertiary alicyclic amines) is 1. The van der Waals surface area contributed by atoms with Crippen LogP contribution in [0.5, 0.6) is 0 Å². The molecule has 0 radical (unpaired) electrons. The molecule has 1 aliphatic carbocycles. The van der Waals surface area contributed by atoms with Gasteiger partial charge in [-0.25, -0.2) is 8.78 Å². The van der Waals surface area contributed by atoms with Gasteiger partial charge in [0.15, 0.2) is 0 Å². The molecule has 35 heavy (non-hydrogen) atoms. The summed E-state index contributed by atoms with van der Waals surface area (Å²) in [4.78, 5) is 27.2. The molecule has 1 aliphatic heterocycles. The molecule has 1 aromatic carbocycles. The standard InChI is InChI=1S/C20H24F2N2O2.C8H17N/c1-15-5-7-17(8-6-15)19(26)23-16(2)4-3-13-24(14-25)18-9-11-20(21,22)12-10-18;1-8(2)4-6-9(3)7-5-8/h3-8,13-14,18H,9-12H2,1-2H3,(H,23,26);4-7H2,1-3H3/b13-3-,16-4+;. The number of rotatable bonds is 6. The first kappa shape index (κ1) is 28.7. The molecule has 0 bridgehead atoms. The number of amides is 2. The minimum Gasteiger partial charge on any atom is -0.326 e. The average molecular weight is 490 g/mol. The van der Waals surface area contributed by atoms with Crippen LogP contribution in [0.4, 0.5) is 8.78 Å². The zero-order valence-corrected chi connectivity index (χ0v) is 21.8. The zero-order valence-electron chi connectivity index (χ0n) is 21.8. The van der Waals surface area contributed by atoms with Crippen LogP contribution in [0, 0.1) is 12.3 Å². The van der Waals surface area contributed by atoms with Gasteiger partial charge >= 0.3 is 0 Å². The molecule has 0 aromatic heterocycles. The average Bonchev–Trinajstić information content (AvgIpc) is 2.80. The van der Waals surface area contributed by atoms with Crippen LogP contribution in [-0.4, -0.2) is 54.2 Å². The number of carbonyl (C=O) groups excluding carboxylic acids is 2. The van der Waals surface area contributed by atoms with Crippen molar-refractivity contribution in [1.29, 1.82) is 0 Å². The Morgan fingerprint density at radius 2 is 1.66 bits per heavy atom. The highest BCUT2D eigenvalue weighted by atomic mass is 19.3. The summed E-state index contributed by atoms with van der Waals surface area (Å²) in [5.41, 5.74) is 2.87. The molecule has 1 heterocycles. The van der Waals surface area contributed by atoms with Crippen molar-refractivity contribution in [3.63, 3.8) is 0 Å². The molecule has 3 rings (SSSR count). The molecule has 2 amide bonds. The van der Waals surface area contributed by atoms with Crippen molar-refractivity contribution in [3.05, 3.63) is 59.4 Å². The van der Waals surface area contributed by atoms with E-state index in [1.807, 2.05) is 19.1 Å². The zero-order chi connectivity index (χ0) is 26.1. The Hall–Kier alpha value is -2.54. The van der Waals surface area contributed by atoms with Gasteiger partial charge in [-0.1, -0.05) is 31.5 Å². The van der Waals surface area contributed by atoms with Gasteiger partial charge in [0.25, 0.3) is 5.91 Å². The first-order chi connectivity index (χ1) is 16.4. The summed E-state index contributed by atoms with van der Waals surface area (Å²) in [5, 5.41) is 2.76. The fourth-order valence-corrected chi connectivity index (χ4v) is 4.07. The number of allylic oxidation sites excluding steroid dienone is 3. The lowest BCUT2D eigenvalue weighted by Crippen LogP contribution is -2.37. The summed E-state index contributed by atoms with van der Waals surface area (Å²) in [5.74, 6) is -2.83. The Kier molecular flexibility index (Phi) is 10.6. The minimum atomic E-state index is -2.62. The predicted molar refractivity (Wildman–Crippen MR) is 137 cm³/mol. The van der Waals surface area contributed by atoms with Crippen molar-refractivity contribution < 1.29 is 18.4 Å². The minimum absolute atomic E-state index is 0.197. The van der Waals surface area contributed by atoms with Gasteiger partial charge in [-0.3, -0.25) is 9.59 Å². The highest BCUT2D eigenvalue weighted by molar-refractivity contribution is 5.95. The van der Waals surface area contributed by atoms with Crippen LogP contribution in [0.1, 0.15) is 75.2 Å². The second kappa shape index (κ2) is 13.0. The molecular formula is C28H41F2N3O2. The van der Waals surface area contributed by atoms with E-state index < -0.39 is 5.92 Å². The molecule has 0 atom stereocenters. The maximum absolute atomic E-state index is 13.2. The maximum Gasteiger partial charge on any atom is 0.255 e. The van der Waals surface area contributed by atoms with Crippen LogP contribution in [0.25, 0.3) is 0 Å². The third-order valence-corrected chi connectivity index (χ3v) is 6.80. The normalized spacial score (nSPS) is 20.6. The molecule has 0 spiro atoms. The third-order valence-electron chi connectivity index (χ3n) is 6.80. The number of nitrogens with one attached hydrogen (secondary N) is 1. The Morgan fingerprint density at radius 3 is 2.17 bits per heavy atom. The van der Waals surface area contributed by atoms with Crippen LogP contribution >= 0.6 is 0 Å². The van der Waals surface area contributed by atoms with Crippen LogP contribution in [0.15, 0.2) is 48.3 Å². The first-order valence-corrected chi connectivity index (χ1v) is 12.4. The van der Waals surface area contributed by atoms with Crippen molar-refractivity contribution in [3.8, 4) is 0 Å². The van der Waals surface area contributed by atoms with Crippen molar-refractivity contribution in [2.24, 2.45) is 5.41 Å². The molecule has 7 heteroatoms. The Morgan fingerprint density at radius 1 is 1.09 bits per heavy atom. The lowest BCUT2D eigenvalue weighted by molar-refractivity contribution is -0.120. The number of alkyl halides is 2. The molecule has 194 valence electrons. The Bertz CT molecular complexity index is 874. The molecule has 1 saturated carbocycles. The van der Waals surface area contributed by atoms with Crippen LogP contribution < -0.4 is 5.32 Å². The van der Waals surface area contributed by atoms with Crippen LogP contribution in [0.3, 0.4) is 0 Å². The first-order valence-electron chi connectivity index (χ1n) is 12.4. The Labute approximate surface area is 209 Å². The summed E-state index contributed by atoms with van der Waals surface area (Å²) in [6.07, 6.45) is 8.40. The number of hydrogen-bond acceptors (Lipinski definition) is 3. The van der Waals surface area contributed by atoms with E-state index in [4.69, 9.17) is 0 Å². The number of halogens is 2. The van der Waals surface area contributed by atoms with Crippen LogP contribution in [-0.2, 0) is 4.79 Å². The topological polar surface area (TPSA) is 52.7 Å². The van der Waals surface area contributed by atoms with E-state index in [9.17, 15) is 18.4 Å². The van der Waals surface area contributed by atoms with E-state index in [1.165, 1.54) is 30.8 Å². The van der Waals surface area contributed by atoms with Gasteiger partial charge in [0.2, 0.25) is 12.3 Å². The molecule has 0 unspecified atom stereocenters. The summed E-state index contributed by atoms with van der Waals surface area (Å²) < 4.78 is 26.4. The number of carbonyl (C=O) groups is 2. The second-order valence-electron chi connectivity index (χ2n) is 10.6. The summed E-state index contributed by atoms with van der Waals surface area (Å²) >= 11 is 0.